The summed E-state index contributed by atoms with van der Waals surface area (Å²) in [7, 11) is 0. The van der Waals surface area contributed by atoms with Crippen molar-refractivity contribution in [1.29, 1.82) is 0 Å². The molecule has 1 aliphatic rings. The largest absolute Gasteiger partial charge is 0.415 e. The molecule has 0 bridgehead atoms. The maximum atomic E-state index is 13.1. The maximum Gasteiger partial charge on any atom is 0.415 e. The second-order valence-corrected chi connectivity index (χ2v) is 3.49. The molecule has 0 aliphatic carbocycles. The lowest BCUT2D eigenvalue weighted by atomic mass is 10.3. The first-order chi connectivity index (χ1) is 7.27. The Labute approximate surface area is 87.5 Å². The minimum absolute atomic E-state index is 0.00519. The van der Waals surface area contributed by atoms with Gasteiger partial charge in [0.25, 0.3) is 0 Å². The number of hydrogen-bond donors (Lipinski definition) is 0. The van der Waals surface area contributed by atoms with E-state index in [0.717, 1.165) is 12.8 Å². The van der Waals surface area contributed by atoms with E-state index in [4.69, 9.17) is 4.74 Å². The summed E-state index contributed by atoms with van der Waals surface area (Å²) in [5, 5.41) is 0. The van der Waals surface area contributed by atoms with Gasteiger partial charge >= 0.3 is 6.09 Å². The Bertz CT molecular complexity index is 361. The van der Waals surface area contributed by atoms with Crippen LogP contribution in [-0.4, -0.2) is 24.1 Å². The van der Waals surface area contributed by atoms with Crippen molar-refractivity contribution in [2.45, 2.75) is 12.8 Å². The van der Waals surface area contributed by atoms with Gasteiger partial charge in [-0.2, -0.15) is 0 Å². The molecule has 2 rings (SSSR count). The number of carbonyl (C=O) groups is 1. The van der Waals surface area contributed by atoms with Gasteiger partial charge in [0.05, 0.1) is 0 Å². The van der Waals surface area contributed by atoms with Gasteiger partial charge in [-0.3, -0.25) is 0 Å². The number of nitrogens with zero attached hydrogens (tertiary/aromatic N) is 1. The van der Waals surface area contributed by atoms with E-state index in [0.29, 0.717) is 13.1 Å². The standard InChI is InChI=1S/C11H12FNO2/c12-9-5-1-2-6-10(9)15-11(14)13-7-3-4-8-13/h1-2,5-6H,3-4,7-8H2. The Morgan fingerprint density at radius 2 is 1.93 bits per heavy atom. The molecule has 1 saturated heterocycles. The van der Waals surface area contributed by atoms with E-state index in [2.05, 4.69) is 0 Å². The number of ether oxygens (including phenoxy) is 1. The third kappa shape index (κ3) is 2.26. The summed E-state index contributed by atoms with van der Waals surface area (Å²) in [4.78, 5) is 13.1. The average molecular weight is 209 g/mol. The molecule has 1 amide bonds. The maximum absolute atomic E-state index is 13.1. The fourth-order valence-corrected chi connectivity index (χ4v) is 1.59. The lowest BCUT2D eigenvalue weighted by Crippen LogP contribution is -2.30. The van der Waals surface area contributed by atoms with E-state index in [1.54, 1.807) is 17.0 Å². The van der Waals surface area contributed by atoms with Crippen LogP contribution in [0.1, 0.15) is 12.8 Å². The first kappa shape index (κ1) is 9.96. The Kier molecular flexibility index (Phi) is 2.85. The van der Waals surface area contributed by atoms with Gasteiger partial charge in [-0.15, -0.1) is 0 Å². The van der Waals surface area contributed by atoms with Gasteiger partial charge in [0.1, 0.15) is 0 Å². The highest BCUT2D eigenvalue weighted by Gasteiger charge is 2.20. The summed E-state index contributed by atoms with van der Waals surface area (Å²) in [6.07, 6.45) is 1.52. The van der Waals surface area contributed by atoms with E-state index in [9.17, 15) is 9.18 Å². The van der Waals surface area contributed by atoms with Crippen LogP contribution in [0.5, 0.6) is 5.75 Å². The zero-order valence-corrected chi connectivity index (χ0v) is 8.28. The highest BCUT2D eigenvalue weighted by molar-refractivity contribution is 5.70. The molecule has 1 heterocycles. The van der Waals surface area contributed by atoms with Crippen LogP contribution < -0.4 is 4.74 Å². The van der Waals surface area contributed by atoms with E-state index in [1.807, 2.05) is 0 Å². The van der Waals surface area contributed by atoms with Crippen molar-refractivity contribution in [3.05, 3.63) is 30.1 Å². The normalized spacial score (nSPS) is 15.4. The number of rotatable bonds is 1. The molecule has 4 heteroatoms. The quantitative estimate of drug-likeness (QED) is 0.710. The molecule has 0 radical (unpaired) electrons. The van der Waals surface area contributed by atoms with Crippen LogP contribution in [0.25, 0.3) is 0 Å². The number of hydrogen-bond acceptors (Lipinski definition) is 2. The Morgan fingerprint density at radius 3 is 2.60 bits per heavy atom. The van der Waals surface area contributed by atoms with Crippen molar-refractivity contribution in [2.24, 2.45) is 0 Å². The number of para-hydroxylation sites is 1. The van der Waals surface area contributed by atoms with Crippen LogP contribution in [0, 0.1) is 5.82 Å². The molecule has 15 heavy (non-hydrogen) atoms. The summed E-state index contributed by atoms with van der Waals surface area (Å²) in [5.74, 6) is -0.514. The number of carbonyl (C=O) groups excluding carboxylic acids is 1. The van der Waals surface area contributed by atoms with E-state index in [1.165, 1.54) is 12.1 Å². The Balaban J connectivity index is 2.02. The number of benzene rings is 1. The predicted octanol–water partition coefficient (Wildman–Crippen LogP) is 2.42. The topological polar surface area (TPSA) is 29.5 Å². The molecule has 1 fully saturated rings. The molecular formula is C11H12FNO2. The van der Waals surface area contributed by atoms with Crippen LogP contribution in [0.3, 0.4) is 0 Å². The molecule has 1 aromatic rings. The minimum atomic E-state index is -0.509. The van der Waals surface area contributed by atoms with Crippen molar-refractivity contribution in [3.8, 4) is 5.75 Å². The van der Waals surface area contributed by atoms with Gasteiger partial charge in [0.2, 0.25) is 0 Å². The molecular weight excluding hydrogens is 197 g/mol. The van der Waals surface area contributed by atoms with Crippen LogP contribution in [0.15, 0.2) is 24.3 Å². The van der Waals surface area contributed by atoms with Gasteiger partial charge in [-0.25, -0.2) is 9.18 Å². The highest BCUT2D eigenvalue weighted by atomic mass is 19.1. The molecule has 3 nitrogen and oxygen atoms in total. The zero-order chi connectivity index (χ0) is 10.7. The fourth-order valence-electron chi connectivity index (χ4n) is 1.59. The number of amides is 1. The summed E-state index contributed by atoms with van der Waals surface area (Å²) in [6.45, 7) is 1.40. The summed E-state index contributed by atoms with van der Waals surface area (Å²) in [5.41, 5.74) is 0. The third-order valence-electron chi connectivity index (χ3n) is 2.40. The number of likely N-dealkylation sites (tertiary alicyclic amines) is 1. The smallest absolute Gasteiger partial charge is 0.407 e. The molecule has 0 spiro atoms. The van der Waals surface area contributed by atoms with Crippen molar-refractivity contribution >= 4 is 6.09 Å². The molecule has 0 unspecified atom stereocenters. The first-order valence-corrected chi connectivity index (χ1v) is 4.98. The summed E-state index contributed by atoms with van der Waals surface area (Å²) < 4.78 is 18.1. The zero-order valence-electron chi connectivity index (χ0n) is 8.28. The third-order valence-corrected chi connectivity index (χ3v) is 2.40. The van der Waals surface area contributed by atoms with Gasteiger partial charge in [0, 0.05) is 13.1 Å². The first-order valence-electron chi connectivity index (χ1n) is 4.98. The van der Waals surface area contributed by atoms with Gasteiger partial charge in [-0.05, 0) is 25.0 Å². The lowest BCUT2D eigenvalue weighted by Gasteiger charge is -2.14. The van der Waals surface area contributed by atoms with Crippen LogP contribution in [-0.2, 0) is 0 Å². The molecule has 0 saturated carbocycles. The Hall–Kier alpha value is -1.58. The van der Waals surface area contributed by atoms with Crippen molar-refractivity contribution in [1.82, 2.24) is 4.90 Å². The molecule has 1 aromatic carbocycles. The number of halogens is 1. The SMILES string of the molecule is O=C(Oc1ccccc1F)N1CCCC1. The molecule has 0 N–H and O–H groups in total. The van der Waals surface area contributed by atoms with E-state index < -0.39 is 11.9 Å². The van der Waals surface area contributed by atoms with Crippen LogP contribution in [0.4, 0.5) is 9.18 Å². The molecule has 80 valence electrons. The van der Waals surface area contributed by atoms with Gasteiger partial charge in [-0.1, -0.05) is 12.1 Å². The second kappa shape index (κ2) is 4.29. The minimum Gasteiger partial charge on any atom is -0.407 e. The monoisotopic (exact) mass is 209 g/mol. The fraction of sp³-hybridized carbons (Fsp3) is 0.364. The van der Waals surface area contributed by atoms with Gasteiger partial charge < -0.3 is 9.64 Å². The highest BCUT2D eigenvalue weighted by Crippen LogP contribution is 2.17. The van der Waals surface area contributed by atoms with Crippen molar-refractivity contribution < 1.29 is 13.9 Å². The van der Waals surface area contributed by atoms with E-state index in [-0.39, 0.29) is 5.75 Å². The van der Waals surface area contributed by atoms with Crippen LogP contribution >= 0.6 is 0 Å². The predicted molar refractivity (Wildman–Crippen MR) is 53.2 cm³/mol. The molecule has 1 aliphatic heterocycles. The molecule has 0 atom stereocenters. The van der Waals surface area contributed by atoms with E-state index >= 15 is 0 Å². The second-order valence-electron chi connectivity index (χ2n) is 3.49. The lowest BCUT2D eigenvalue weighted by molar-refractivity contribution is 0.161. The van der Waals surface area contributed by atoms with Gasteiger partial charge in [0.15, 0.2) is 11.6 Å². The van der Waals surface area contributed by atoms with Crippen molar-refractivity contribution in [3.63, 3.8) is 0 Å². The average Bonchev–Trinajstić information content (AvgIpc) is 2.74. The summed E-state index contributed by atoms with van der Waals surface area (Å²) >= 11 is 0. The Morgan fingerprint density at radius 1 is 1.27 bits per heavy atom. The van der Waals surface area contributed by atoms with Crippen molar-refractivity contribution in [2.75, 3.05) is 13.1 Å². The summed E-state index contributed by atoms with van der Waals surface area (Å²) in [6, 6.07) is 5.91. The van der Waals surface area contributed by atoms with Crippen LogP contribution in [0.2, 0.25) is 0 Å². The molecule has 0 aromatic heterocycles.